The van der Waals surface area contributed by atoms with Crippen LogP contribution in [0.2, 0.25) is 0 Å². The summed E-state index contributed by atoms with van der Waals surface area (Å²) in [6, 6.07) is 12.9. The van der Waals surface area contributed by atoms with Gasteiger partial charge in [-0.3, -0.25) is 19.8 Å². The van der Waals surface area contributed by atoms with Gasteiger partial charge in [0, 0.05) is 31.1 Å². The Morgan fingerprint density at radius 3 is 2.59 bits per heavy atom. The summed E-state index contributed by atoms with van der Waals surface area (Å²) in [7, 11) is 2.02. The number of carboxylic acids is 1. The van der Waals surface area contributed by atoms with Crippen LogP contribution in [0, 0.1) is 10.1 Å². The number of nitro groups is 1. The van der Waals surface area contributed by atoms with Crippen molar-refractivity contribution in [3.8, 4) is 0 Å². The lowest BCUT2D eigenvalue weighted by Crippen LogP contribution is -2.47. The van der Waals surface area contributed by atoms with Crippen molar-refractivity contribution in [2.75, 3.05) is 31.6 Å². The Bertz CT molecular complexity index is 1320. The molecule has 32 heavy (non-hydrogen) atoms. The standard InChI is InChI=1S/C22H20N4O5S/c1-23-7-8-24(11-18(23)13-5-3-2-4-6-13)16-9-14-15(10-17(16)26(30)31)25-12-32-21(25)19(20(14)27)22(28)29/h2-6,9-10,18H,7-8,11-12H2,1H3,(H,28,29). The van der Waals surface area contributed by atoms with Crippen LogP contribution in [0.25, 0.3) is 10.9 Å². The molecule has 0 spiro atoms. The molecule has 3 aromatic rings. The fraction of sp³-hybridized carbons (Fsp3) is 0.273. The van der Waals surface area contributed by atoms with Crippen molar-refractivity contribution in [3.05, 3.63) is 73.9 Å². The summed E-state index contributed by atoms with van der Waals surface area (Å²) in [6.07, 6.45) is 0. The molecule has 5 rings (SSSR count). The zero-order valence-corrected chi connectivity index (χ0v) is 18.0. The second-order valence-electron chi connectivity index (χ2n) is 7.98. The van der Waals surface area contributed by atoms with Crippen LogP contribution in [-0.4, -0.2) is 52.1 Å². The molecule has 1 N–H and O–H groups in total. The van der Waals surface area contributed by atoms with Crippen molar-refractivity contribution in [3.63, 3.8) is 0 Å². The van der Waals surface area contributed by atoms with E-state index in [-0.39, 0.29) is 22.7 Å². The third-order valence-corrected chi connectivity index (χ3v) is 7.31. The van der Waals surface area contributed by atoms with Gasteiger partial charge in [-0.1, -0.05) is 42.1 Å². The molecule has 10 heteroatoms. The molecule has 0 saturated carbocycles. The van der Waals surface area contributed by atoms with Crippen molar-refractivity contribution in [1.29, 1.82) is 0 Å². The SMILES string of the molecule is CN1CCN(c2cc3c(=O)c(C(=O)O)c4n(c3cc2[N+](=O)[O-])CS4)CC1c1ccccc1. The van der Waals surface area contributed by atoms with Crippen molar-refractivity contribution in [2.45, 2.75) is 16.9 Å². The maximum absolute atomic E-state index is 13.0. The van der Waals surface area contributed by atoms with Crippen LogP contribution in [0.1, 0.15) is 22.0 Å². The van der Waals surface area contributed by atoms with Crippen LogP contribution in [0.15, 0.2) is 52.3 Å². The van der Waals surface area contributed by atoms with E-state index < -0.39 is 16.3 Å². The third-order valence-electron chi connectivity index (χ3n) is 6.23. The molecule has 1 saturated heterocycles. The fourth-order valence-electron chi connectivity index (χ4n) is 4.50. The number of likely N-dealkylation sites (N-methyl/N-ethyl adjacent to an activating group) is 1. The molecule has 1 unspecified atom stereocenters. The van der Waals surface area contributed by atoms with E-state index in [0.29, 0.717) is 41.7 Å². The van der Waals surface area contributed by atoms with Crippen molar-refractivity contribution >= 4 is 40.0 Å². The number of nitrogens with zero attached hydrogens (tertiary/aromatic N) is 4. The van der Waals surface area contributed by atoms with Gasteiger partial charge in [0.25, 0.3) is 5.69 Å². The lowest BCUT2D eigenvalue weighted by Gasteiger charge is -2.40. The monoisotopic (exact) mass is 452 g/mol. The lowest BCUT2D eigenvalue weighted by atomic mass is 10.0. The van der Waals surface area contributed by atoms with Gasteiger partial charge in [-0.15, -0.1) is 0 Å². The normalized spacial score (nSPS) is 18.3. The van der Waals surface area contributed by atoms with E-state index in [1.54, 1.807) is 4.57 Å². The maximum atomic E-state index is 13.0. The number of pyridine rings is 1. The van der Waals surface area contributed by atoms with Crippen molar-refractivity contribution in [1.82, 2.24) is 9.47 Å². The summed E-state index contributed by atoms with van der Waals surface area (Å²) in [5, 5.41) is 22.1. The van der Waals surface area contributed by atoms with Crippen molar-refractivity contribution in [2.24, 2.45) is 0 Å². The van der Waals surface area contributed by atoms with Crippen LogP contribution < -0.4 is 10.3 Å². The molecule has 164 valence electrons. The molecule has 1 atom stereocenters. The number of carboxylic acid groups (broad SMARTS) is 1. The first-order valence-electron chi connectivity index (χ1n) is 10.1. The molecular weight excluding hydrogens is 432 g/mol. The molecule has 0 radical (unpaired) electrons. The molecule has 2 aliphatic heterocycles. The summed E-state index contributed by atoms with van der Waals surface area (Å²) in [6.45, 7) is 1.76. The first-order chi connectivity index (χ1) is 15.4. The summed E-state index contributed by atoms with van der Waals surface area (Å²) in [5.74, 6) is -0.829. The minimum atomic E-state index is -1.28. The number of hydrogen-bond donors (Lipinski definition) is 1. The molecule has 1 fully saturated rings. The number of benzene rings is 2. The quantitative estimate of drug-likeness (QED) is 0.475. The third kappa shape index (κ3) is 3.14. The Morgan fingerprint density at radius 2 is 1.97 bits per heavy atom. The zero-order chi connectivity index (χ0) is 22.6. The summed E-state index contributed by atoms with van der Waals surface area (Å²) >= 11 is 1.26. The largest absolute Gasteiger partial charge is 0.477 e. The number of hydrogen-bond acceptors (Lipinski definition) is 7. The van der Waals surface area contributed by atoms with Gasteiger partial charge in [0.15, 0.2) is 0 Å². The van der Waals surface area contributed by atoms with E-state index in [1.165, 1.54) is 23.9 Å². The Balaban J connectivity index is 1.66. The van der Waals surface area contributed by atoms with Gasteiger partial charge >= 0.3 is 5.97 Å². The summed E-state index contributed by atoms with van der Waals surface area (Å²) < 4.78 is 1.67. The Labute approximate surface area is 187 Å². The molecule has 1 aromatic heterocycles. The van der Waals surface area contributed by atoms with Crippen LogP contribution in [0.4, 0.5) is 11.4 Å². The number of nitro benzene ring substituents is 1. The van der Waals surface area contributed by atoms with E-state index >= 15 is 0 Å². The predicted molar refractivity (Wildman–Crippen MR) is 122 cm³/mol. The van der Waals surface area contributed by atoms with E-state index in [2.05, 4.69) is 4.90 Å². The van der Waals surface area contributed by atoms with Gasteiger partial charge in [0.1, 0.15) is 11.3 Å². The van der Waals surface area contributed by atoms with E-state index in [9.17, 15) is 24.8 Å². The predicted octanol–water partition coefficient (Wildman–Crippen LogP) is 3.16. The lowest BCUT2D eigenvalue weighted by molar-refractivity contribution is -0.384. The highest BCUT2D eigenvalue weighted by Crippen LogP contribution is 2.41. The zero-order valence-electron chi connectivity index (χ0n) is 17.2. The first kappa shape index (κ1) is 20.5. The van der Waals surface area contributed by atoms with Crippen LogP contribution >= 0.6 is 11.8 Å². The summed E-state index contributed by atoms with van der Waals surface area (Å²) in [5.41, 5.74) is 0.901. The molecule has 2 aliphatic rings. The minimum absolute atomic E-state index is 0.0316. The molecule has 0 amide bonds. The smallest absolute Gasteiger partial charge is 0.342 e. The molecule has 9 nitrogen and oxygen atoms in total. The van der Waals surface area contributed by atoms with Crippen molar-refractivity contribution < 1.29 is 14.8 Å². The number of fused-ring (bicyclic) bond motifs is 3. The highest BCUT2D eigenvalue weighted by Gasteiger charge is 2.33. The van der Waals surface area contributed by atoms with Crippen LogP contribution in [0.3, 0.4) is 0 Å². The number of anilines is 1. The highest BCUT2D eigenvalue weighted by atomic mass is 32.2. The Morgan fingerprint density at radius 1 is 1.22 bits per heavy atom. The van der Waals surface area contributed by atoms with E-state index in [1.807, 2.05) is 42.3 Å². The van der Waals surface area contributed by atoms with Gasteiger partial charge in [-0.05, 0) is 18.7 Å². The second kappa shape index (κ2) is 7.64. The molecule has 3 heterocycles. The minimum Gasteiger partial charge on any atom is -0.477 e. The number of carbonyl (C=O) groups is 1. The van der Waals surface area contributed by atoms with Gasteiger partial charge < -0.3 is 14.6 Å². The topological polar surface area (TPSA) is 109 Å². The average Bonchev–Trinajstić information content (AvgIpc) is 2.76. The molecule has 0 bridgehead atoms. The Kier molecular flexibility index (Phi) is 4.90. The highest BCUT2D eigenvalue weighted by molar-refractivity contribution is 7.99. The van der Waals surface area contributed by atoms with Gasteiger partial charge in [0.05, 0.1) is 27.4 Å². The molecule has 2 aromatic carbocycles. The van der Waals surface area contributed by atoms with Crippen LogP contribution in [0.5, 0.6) is 0 Å². The maximum Gasteiger partial charge on any atom is 0.342 e. The average molecular weight is 452 g/mol. The van der Waals surface area contributed by atoms with Crippen LogP contribution in [-0.2, 0) is 5.88 Å². The molecular formula is C22H20N4O5S. The number of aromatic carboxylic acids is 1. The number of rotatable bonds is 4. The fourth-order valence-corrected chi connectivity index (χ4v) is 5.45. The van der Waals surface area contributed by atoms with E-state index in [4.69, 9.17) is 0 Å². The number of aromatic nitrogens is 1. The van der Waals surface area contributed by atoms with Gasteiger partial charge in [-0.2, -0.15) is 0 Å². The molecule has 0 aliphatic carbocycles. The first-order valence-corrected chi connectivity index (χ1v) is 11.1. The number of piperazine rings is 1. The summed E-state index contributed by atoms with van der Waals surface area (Å²) in [4.78, 5) is 40.4. The number of thioether (sulfide) groups is 1. The second-order valence-corrected chi connectivity index (χ2v) is 8.92. The van der Waals surface area contributed by atoms with Gasteiger partial charge in [0.2, 0.25) is 5.43 Å². The van der Waals surface area contributed by atoms with Gasteiger partial charge in [-0.25, -0.2) is 4.79 Å². The Hall–Kier alpha value is -3.37. The van der Waals surface area contributed by atoms with E-state index in [0.717, 1.165) is 5.56 Å².